The fraction of sp³-hybridized carbons (Fsp3) is 0.167. The lowest BCUT2D eigenvalue weighted by Crippen LogP contribution is -2.35. The first-order valence-electron chi connectivity index (χ1n) is 8.28. The zero-order valence-corrected chi connectivity index (χ0v) is 13.9. The van der Waals surface area contributed by atoms with Gasteiger partial charge in [0.25, 0.3) is 0 Å². The fourth-order valence-electron chi connectivity index (χ4n) is 2.93. The molecule has 0 aliphatic carbocycles. The average molecular weight is 347 g/mol. The third kappa shape index (κ3) is 3.16. The number of rotatable bonds is 6. The number of para-hydroxylation sites is 2. The summed E-state index contributed by atoms with van der Waals surface area (Å²) in [6.07, 6.45) is 3.23. The predicted molar refractivity (Wildman–Crippen MR) is 95.1 cm³/mol. The highest BCUT2D eigenvalue weighted by atomic mass is 16.2. The minimum absolute atomic E-state index is 0.159. The molecule has 1 N–H and O–H groups in total. The first-order valence-corrected chi connectivity index (χ1v) is 8.28. The molecule has 1 amide bonds. The van der Waals surface area contributed by atoms with Gasteiger partial charge in [0.05, 0.1) is 17.4 Å². The molecule has 0 spiro atoms. The third-order valence-electron chi connectivity index (χ3n) is 4.17. The van der Waals surface area contributed by atoms with Crippen molar-refractivity contribution in [2.45, 2.75) is 12.6 Å². The number of amides is 1. The van der Waals surface area contributed by atoms with Crippen LogP contribution in [0.2, 0.25) is 0 Å². The molecule has 2 aromatic carbocycles. The van der Waals surface area contributed by atoms with Crippen LogP contribution >= 0.6 is 0 Å². The van der Waals surface area contributed by atoms with Crippen LogP contribution in [0, 0.1) is 0 Å². The zero-order chi connectivity index (χ0) is 17.8. The number of nitrogens with one attached hydrogen (secondary N) is 1. The van der Waals surface area contributed by atoms with Gasteiger partial charge >= 0.3 is 0 Å². The van der Waals surface area contributed by atoms with E-state index in [0.717, 1.165) is 16.6 Å². The van der Waals surface area contributed by atoms with E-state index in [4.69, 9.17) is 0 Å². The Labute approximate surface area is 149 Å². The number of fused-ring (bicyclic) bond motifs is 1. The standard InChI is InChI=1S/C18H17N7O/c26-18(17(25-13-21-22-23-25)14-6-2-1-3-7-14)19-10-11-24-12-20-15-8-4-5-9-16(15)24/h1-9,12-13,17H,10-11H2,(H,19,26)/t17-/m1/s1. The zero-order valence-electron chi connectivity index (χ0n) is 13.9. The Morgan fingerprint density at radius 2 is 1.85 bits per heavy atom. The van der Waals surface area contributed by atoms with Crippen molar-refractivity contribution in [2.24, 2.45) is 0 Å². The molecule has 0 aliphatic heterocycles. The molecule has 2 heterocycles. The maximum Gasteiger partial charge on any atom is 0.249 e. The molecule has 2 aromatic heterocycles. The van der Waals surface area contributed by atoms with Crippen LogP contribution in [-0.4, -0.2) is 42.2 Å². The molecule has 130 valence electrons. The van der Waals surface area contributed by atoms with Crippen molar-refractivity contribution in [2.75, 3.05) is 6.54 Å². The van der Waals surface area contributed by atoms with E-state index in [-0.39, 0.29) is 5.91 Å². The minimum atomic E-state index is -0.606. The smallest absolute Gasteiger partial charge is 0.249 e. The second kappa shape index (κ2) is 7.14. The van der Waals surface area contributed by atoms with E-state index >= 15 is 0 Å². The Hall–Kier alpha value is -3.55. The van der Waals surface area contributed by atoms with E-state index in [1.54, 1.807) is 6.33 Å². The number of carbonyl (C=O) groups is 1. The molecule has 0 fully saturated rings. The summed E-state index contributed by atoms with van der Waals surface area (Å²) in [6, 6.07) is 16.7. The SMILES string of the molecule is O=C(NCCn1cnc2ccccc21)[C@@H](c1ccccc1)n1cnnn1. The van der Waals surface area contributed by atoms with E-state index in [1.807, 2.05) is 59.2 Å². The Morgan fingerprint density at radius 1 is 1.04 bits per heavy atom. The number of carbonyl (C=O) groups excluding carboxylic acids is 1. The maximum atomic E-state index is 12.8. The van der Waals surface area contributed by atoms with E-state index < -0.39 is 6.04 Å². The van der Waals surface area contributed by atoms with Crippen molar-refractivity contribution < 1.29 is 4.79 Å². The van der Waals surface area contributed by atoms with Crippen LogP contribution in [-0.2, 0) is 11.3 Å². The summed E-state index contributed by atoms with van der Waals surface area (Å²) in [5.41, 5.74) is 2.81. The van der Waals surface area contributed by atoms with Gasteiger partial charge in [-0.05, 0) is 28.1 Å². The molecule has 1 atom stereocenters. The molecule has 4 rings (SSSR count). The van der Waals surface area contributed by atoms with Gasteiger partial charge in [-0.3, -0.25) is 4.79 Å². The van der Waals surface area contributed by atoms with Crippen LogP contribution in [0.15, 0.2) is 67.3 Å². The second-order valence-electron chi connectivity index (χ2n) is 5.82. The van der Waals surface area contributed by atoms with Crippen LogP contribution in [0.25, 0.3) is 11.0 Å². The Bertz CT molecular complexity index is 995. The second-order valence-corrected chi connectivity index (χ2v) is 5.82. The number of hydrogen-bond donors (Lipinski definition) is 1. The predicted octanol–water partition coefficient (Wildman–Crippen LogP) is 1.43. The number of benzene rings is 2. The monoisotopic (exact) mass is 347 g/mol. The lowest BCUT2D eigenvalue weighted by molar-refractivity contribution is -0.123. The van der Waals surface area contributed by atoms with Gasteiger partial charge < -0.3 is 9.88 Å². The number of imidazole rings is 1. The van der Waals surface area contributed by atoms with Crippen molar-refractivity contribution in [1.82, 2.24) is 35.1 Å². The number of nitrogens with zero attached hydrogens (tertiary/aromatic N) is 6. The van der Waals surface area contributed by atoms with Crippen LogP contribution in [0.5, 0.6) is 0 Å². The molecular formula is C18H17N7O. The first kappa shape index (κ1) is 15.9. The van der Waals surface area contributed by atoms with Crippen molar-refractivity contribution in [3.63, 3.8) is 0 Å². The molecule has 0 radical (unpaired) electrons. The van der Waals surface area contributed by atoms with Gasteiger partial charge in [-0.1, -0.05) is 42.5 Å². The van der Waals surface area contributed by atoms with Gasteiger partial charge in [-0.25, -0.2) is 9.67 Å². The van der Waals surface area contributed by atoms with E-state index in [1.165, 1.54) is 11.0 Å². The molecule has 8 nitrogen and oxygen atoms in total. The van der Waals surface area contributed by atoms with Crippen LogP contribution < -0.4 is 5.32 Å². The highest BCUT2D eigenvalue weighted by molar-refractivity contribution is 5.83. The van der Waals surface area contributed by atoms with Crippen LogP contribution in [0.1, 0.15) is 11.6 Å². The molecule has 0 saturated carbocycles. The topological polar surface area (TPSA) is 90.5 Å². The normalized spacial score (nSPS) is 12.2. The van der Waals surface area contributed by atoms with Gasteiger partial charge in [0.1, 0.15) is 6.33 Å². The summed E-state index contributed by atoms with van der Waals surface area (Å²) in [6.45, 7) is 1.11. The van der Waals surface area contributed by atoms with E-state index in [0.29, 0.717) is 13.1 Å². The average Bonchev–Trinajstić information content (AvgIpc) is 3.34. The van der Waals surface area contributed by atoms with Crippen molar-refractivity contribution in [1.29, 1.82) is 0 Å². The summed E-state index contributed by atoms with van der Waals surface area (Å²) >= 11 is 0. The molecule has 8 heteroatoms. The van der Waals surface area contributed by atoms with Crippen molar-refractivity contribution in [3.05, 3.63) is 72.8 Å². The van der Waals surface area contributed by atoms with E-state index in [2.05, 4.69) is 25.8 Å². The quantitative estimate of drug-likeness (QED) is 0.570. The van der Waals surface area contributed by atoms with Gasteiger partial charge in [0.15, 0.2) is 6.04 Å². The summed E-state index contributed by atoms with van der Waals surface area (Å²) in [4.78, 5) is 17.1. The minimum Gasteiger partial charge on any atom is -0.352 e. The van der Waals surface area contributed by atoms with Gasteiger partial charge in [-0.2, -0.15) is 0 Å². The number of aromatic nitrogens is 6. The summed E-state index contributed by atoms with van der Waals surface area (Å²) in [5.74, 6) is -0.159. The lowest BCUT2D eigenvalue weighted by Gasteiger charge is -2.16. The van der Waals surface area contributed by atoms with Gasteiger partial charge in [-0.15, -0.1) is 5.10 Å². The molecule has 4 aromatic rings. The number of hydrogen-bond acceptors (Lipinski definition) is 5. The highest BCUT2D eigenvalue weighted by Crippen LogP contribution is 2.17. The highest BCUT2D eigenvalue weighted by Gasteiger charge is 2.23. The molecule has 26 heavy (non-hydrogen) atoms. The van der Waals surface area contributed by atoms with Crippen molar-refractivity contribution in [3.8, 4) is 0 Å². The van der Waals surface area contributed by atoms with E-state index in [9.17, 15) is 4.79 Å². The Balaban J connectivity index is 1.47. The molecule has 0 aliphatic rings. The fourth-order valence-corrected chi connectivity index (χ4v) is 2.93. The summed E-state index contributed by atoms with van der Waals surface area (Å²) < 4.78 is 3.47. The molecule has 0 bridgehead atoms. The third-order valence-corrected chi connectivity index (χ3v) is 4.17. The Morgan fingerprint density at radius 3 is 2.65 bits per heavy atom. The Kier molecular flexibility index (Phi) is 4.38. The molecular weight excluding hydrogens is 330 g/mol. The van der Waals surface area contributed by atoms with Crippen LogP contribution in [0.4, 0.5) is 0 Å². The maximum absolute atomic E-state index is 12.8. The van der Waals surface area contributed by atoms with Crippen molar-refractivity contribution >= 4 is 16.9 Å². The molecule has 0 unspecified atom stereocenters. The number of tetrazole rings is 1. The van der Waals surface area contributed by atoms with Gasteiger partial charge in [0, 0.05) is 13.1 Å². The largest absolute Gasteiger partial charge is 0.352 e. The van der Waals surface area contributed by atoms with Crippen LogP contribution in [0.3, 0.4) is 0 Å². The lowest BCUT2D eigenvalue weighted by atomic mass is 10.1. The van der Waals surface area contributed by atoms with Gasteiger partial charge in [0.2, 0.25) is 5.91 Å². The first-order chi connectivity index (χ1) is 12.8. The summed E-state index contributed by atoms with van der Waals surface area (Å²) in [7, 11) is 0. The summed E-state index contributed by atoms with van der Waals surface area (Å²) in [5, 5.41) is 14.2. The molecule has 0 saturated heterocycles.